The van der Waals surface area contributed by atoms with Crippen LogP contribution in [0.1, 0.15) is 38.0 Å². The van der Waals surface area contributed by atoms with E-state index in [0.717, 1.165) is 11.1 Å². The van der Waals surface area contributed by atoms with Crippen LogP contribution in [0.4, 0.5) is 4.79 Å². The maximum Gasteiger partial charge on any atom is 0.408 e. The van der Waals surface area contributed by atoms with Crippen LogP contribution < -0.4 is 14.8 Å². The standard InChI is InChI=1S/C23H27NO7/c1-23(2,3)31-22(27)24-17(21(26)28-4)11-14-5-10-18-19(12-14)29-13-20(30-18)15-6-8-16(25)9-7-15/h5-10,12,17,20,25H,11,13H2,1-4H3,(H,24,27)/t17-,20+/m0/s1. The third kappa shape index (κ3) is 6.04. The van der Waals surface area contributed by atoms with Crippen molar-refractivity contribution in [3.8, 4) is 17.2 Å². The van der Waals surface area contributed by atoms with Crippen LogP contribution in [0.15, 0.2) is 42.5 Å². The van der Waals surface area contributed by atoms with Gasteiger partial charge in [0.15, 0.2) is 17.6 Å². The number of esters is 1. The molecule has 0 aromatic heterocycles. The van der Waals surface area contributed by atoms with Crippen LogP contribution in [0.3, 0.4) is 0 Å². The summed E-state index contributed by atoms with van der Waals surface area (Å²) < 4.78 is 21.9. The van der Waals surface area contributed by atoms with E-state index in [1.807, 2.05) is 0 Å². The zero-order valence-corrected chi connectivity index (χ0v) is 18.0. The van der Waals surface area contributed by atoms with Gasteiger partial charge in [0.1, 0.15) is 24.0 Å². The Morgan fingerprint density at radius 2 is 1.87 bits per heavy atom. The molecule has 1 heterocycles. The summed E-state index contributed by atoms with van der Waals surface area (Å²) in [7, 11) is 1.26. The first-order chi connectivity index (χ1) is 14.6. The van der Waals surface area contributed by atoms with Crippen molar-refractivity contribution in [2.45, 2.75) is 44.9 Å². The molecule has 1 aliphatic rings. The van der Waals surface area contributed by atoms with Crippen molar-refractivity contribution < 1.29 is 33.6 Å². The number of methoxy groups -OCH3 is 1. The predicted octanol–water partition coefficient (Wildman–Crippen LogP) is 3.51. The average molecular weight is 429 g/mol. The maximum absolute atomic E-state index is 12.2. The number of rotatable bonds is 5. The summed E-state index contributed by atoms with van der Waals surface area (Å²) in [6.07, 6.45) is -0.794. The lowest BCUT2D eigenvalue weighted by atomic mass is 10.0. The van der Waals surface area contributed by atoms with Gasteiger partial charge in [-0.3, -0.25) is 0 Å². The van der Waals surface area contributed by atoms with E-state index in [1.54, 1.807) is 63.2 Å². The second-order valence-electron chi connectivity index (χ2n) is 8.22. The number of phenolic OH excluding ortho intramolecular Hbond substituents is 1. The Labute approximate surface area is 181 Å². The molecule has 3 rings (SSSR count). The van der Waals surface area contributed by atoms with Crippen molar-refractivity contribution in [2.75, 3.05) is 13.7 Å². The number of fused-ring (bicyclic) bond motifs is 1. The molecule has 1 amide bonds. The summed E-state index contributed by atoms with van der Waals surface area (Å²) in [6, 6.07) is 11.2. The fourth-order valence-corrected chi connectivity index (χ4v) is 3.12. The highest BCUT2D eigenvalue weighted by molar-refractivity contribution is 5.81. The first-order valence-electron chi connectivity index (χ1n) is 9.93. The number of nitrogens with one attached hydrogen (secondary N) is 1. The molecule has 8 heteroatoms. The number of phenols is 1. The van der Waals surface area contributed by atoms with E-state index >= 15 is 0 Å². The van der Waals surface area contributed by atoms with Crippen LogP contribution >= 0.6 is 0 Å². The summed E-state index contributed by atoms with van der Waals surface area (Å²) >= 11 is 0. The van der Waals surface area contributed by atoms with Gasteiger partial charge in [0.25, 0.3) is 0 Å². The van der Waals surface area contributed by atoms with Gasteiger partial charge in [0, 0.05) is 6.42 Å². The molecular formula is C23H27NO7. The SMILES string of the molecule is COC(=O)[C@H](Cc1ccc2c(c1)OC[C@H](c1ccc(O)cc1)O2)NC(=O)OC(C)(C)C. The first kappa shape index (κ1) is 22.3. The van der Waals surface area contributed by atoms with Gasteiger partial charge in [-0.15, -0.1) is 0 Å². The van der Waals surface area contributed by atoms with Gasteiger partial charge < -0.3 is 29.4 Å². The van der Waals surface area contributed by atoms with E-state index < -0.39 is 23.7 Å². The van der Waals surface area contributed by atoms with Crippen molar-refractivity contribution in [3.05, 3.63) is 53.6 Å². The number of alkyl carbamates (subject to hydrolysis) is 1. The monoisotopic (exact) mass is 429 g/mol. The Morgan fingerprint density at radius 3 is 2.52 bits per heavy atom. The number of aromatic hydroxyl groups is 1. The van der Waals surface area contributed by atoms with E-state index in [4.69, 9.17) is 18.9 Å². The fraction of sp³-hybridized carbons (Fsp3) is 0.391. The summed E-state index contributed by atoms with van der Waals surface area (Å²) in [4.78, 5) is 24.3. The minimum Gasteiger partial charge on any atom is -0.508 e. The van der Waals surface area contributed by atoms with E-state index in [9.17, 15) is 14.7 Å². The van der Waals surface area contributed by atoms with Gasteiger partial charge in [-0.2, -0.15) is 0 Å². The van der Waals surface area contributed by atoms with Gasteiger partial charge >= 0.3 is 12.1 Å². The van der Waals surface area contributed by atoms with E-state index in [2.05, 4.69) is 5.32 Å². The van der Waals surface area contributed by atoms with Crippen molar-refractivity contribution in [1.29, 1.82) is 0 Å². The fourth-order valence-electron chi connectivity index (χ4n) is 3.12. The molecule has 2 aromatic carbocycles. The molecule has 0 radical (unpaired) electrons. The van der Waals surface area contributed by atoms with Crippen LogP contribution in [0.2, 0.25) is 0 Å². The molecule has 2 aromatic rings. The molecule has 0 spiro atoms. The average Bonchev–Trinajstić information content (AvgIpc) is 2.71. The number of hydrogen-bond acceptors (Lipinski definition) is 7. The van der Waals surface area contributed by atoms with Crippen LogP contribution in [0, 0.1) is 0 Å². The number of hydrogen-bond donors (Lipinski definition) is 2. The Morgan fingerprint density at radius 1 is 1.16 bits per heavy atom. The number of benzene rings is 2. The lowest BCUT2D eigenvalue weighted by Gasteiger charge is -2.27. The molecule has 0 fully saturated rings. The van der Waals surface area contributed by atoms with E-state index in [1.165, 1.54) is 7.11 Å². The molecule has 2 atom stereocenters. The largest absolute Gasteiger partial charge is 0.508 e. The zero-order chi connectivity index (χ0) is 22.6. The van der Waals surface area contributed by atoms with Crippen molar-refractivity contribution in [1.82, 2.24) is 5.32 Å². The molecule has 166 valence electrons. The van der Waals surface area contributed by atoms with E-state index in [-0.39, 0.29) is 18.3 Å². The van der Waals surface area contributed by atoms with Gasteiger partial charge in [-0.05, 0) is 56.2 Å². The molecule has 0 saturated carbocycles. The summed E-state index contributed by atoms with van der Waals surface area (Å²) in [6.45, 7) is 5.53. The molecule has 2 N–H and O–H groups in total. The second kappa shape index (κ2) is 9.16. The summed E-state index contributed by atoms with van der Waals surface area (Å²) in [5.41, 5.74) is 0.965. The van der Waals surface area contributed by atoms with Crippen molar-refractivity contribution >= 4 is 12.1 Å². The topological polar surface area (TPSA) is 103 Å². The molecular weight excluding hydrogens is 402 g/mol. The van der Waals surface area contributed by atoms with Crippen LogP contribution in [0.5, 0.6) is 17.2 Å². The van der Waals surface area contributed by atoms with Crippen LogP contribution in [-0.2, 0) is 20.7 Å². The minimum atomic E-state index is -0.910. The van der Waals surface area contributed by atoms with Gasteiger partial charge in [-0.1, -0.05) is 18.2 Å². The van der Waals surface area contributed by atoms with E-state index in [0.29, 0.717) is 18.1 Å². The molecule has 0 bridgehead atoms. The number of amides is 1. The van der Waals surface area contributed by atoms with Gasteiger partial charge in [0.2, 0.25) is 0 Å². The van der Waals surface area contributed by atoms with Gasteiger partial charge in [0.05, 0.1) is 7.11 Å². The summed E-state index contributed by atoms with van der Waals surface area (Å²) in [5.74, 6) is 0.732. The van der Waals surface area contributed by atoms with Crippen molar-refractivity contribution in [3.63, 3.8) is 0 Å². The van der Waals surface area contributed by atoms with Crippen molar-refractivity contribution in [2.24, 2.45) is 0 Å². The molecule has 0 saturated heterocycles. The predicted molar refractivity (Wildman–Crippen MR) is 112 cm³/mol. The number of ether oxygens (including phenoxy) is 4. The van der Waals surface area contributed by atoms with Crippen LogP contribution in [0.25, 0.3) is 0 Å². The second-order valence-corrected chi connectivity index (χ2v) is 8.22. The molecule has 0 aliphatic carbocycles. The number of carbonyl (C=O) groups excluding carboxylic acids is 2. The molecule has 8 nitrogen and oxygen atoms in total. The highest BCUT2D eigenvalue weighted by atomic mass is 16.6. The molecule has 31 heavy (non-hydrogen) atoms. The lowest BCUT2D eigenvalue weighted by Crippen LogP contribution is -2.45. The quantitative estimate of drug-likeness (QED) is 0.701. The third-order valence-electron chi connectivity index (χ3n) is 4.55. The third-order valence-corrected chi connectivity index (χ3v) is 4.55. The Balaban J connectivity index is 1.70. The minimum absolute atomic E-state index is 0.186. The van der Waals surface area contributed by atoms with Crippen LogP contribution in [-0.4, -0.2) is 42.5 Å². The normalized spacial score (nSPS) is 16.2. The Bertz CT molecular complexity index is 934. The first-order valence-corrected chi connectivity index (χ1v) is 9.93. The highest BCUT2D eigenvalue weighted by Crippen LogP contribution is 2.37. The lowest BCUT2D eigenvalue weighted by molar-refractivity contribution is -0.143. The maximum atomic E-state index is 12.2. The molecule has 0 unspecified atom stereocenters. The Hall–Kier alpha value is -3.42. The highest BCUT2D eigenvalue weighted by Gasteiger charge is 2.27. The zero-order valence-electron chi connectivity index (χ0n) is 18.0. The molecule has 1 aliphatic heterocycles. The van der Waals surface area contributed by atoms with Gasteiger partial charge in [-0.25, -0.2) is 9.59 Å². The Kier molecular flexibility index (Phi) is 6.58. The smallest absolute Gasteiger partial charge is 0.408 e. The summed E-state index contributed by atoms with van der Waals surface area (Å²) in [5, 5.41) is 12.0. The number of carbonyl (C=O) groups is 2.